The van der Waals surface area contributed by atoms with Crippen LogP contribution in [0.25, 0.3) is 10.8 Å². The van der Waals surface area contributed by atoms with Gasteiger partial charge in [0, 0.05) is 10.9 Å². The zero-order chi connectivity index (χ0) is 18.0. The second-order valence-electron chi connectivity index (χ2n) is 5.13. The van der Waals surface area contributed by atoms with Crippen molar-refractivity contribution in [3.8, 4) is 0 Å². The highest BCUT2D eigenvalue weighted by atomic mass is 16.4. The number of aliphatic hydroxyl groups excluding tert-OH is 2. The van der Waals surface area contributed by atoms with E-state index < -0.39 is 24.1 Å². The number of carboxylic acids is 2. The molecule has 0 bridgehead atoms. The zero-order valence-electron chi connectivity index (χ0n) is 12.6. The first kappa shape index (κ1) is 17.4. The van der Waals surface area contributed by atoms with Crippen molar-refractivity contribution in [2.24, 2.45) is 0 Å². The van der Waals surface area contributed by atoms with Crippen LogP contribution in [0, 0.1) is 0 Å². The minimum absolute atomic E-state index is 0.0200. The van der Waals surface area contributed by atoms with Gasteiger partial charge in [-0.3, -0.25) is 0 Å². The predicted molar refractivity (Wildman–Crippen MR) is 88.2 cm³/mol. The van der Waals surface area contributed by atoms with Crippen molar-refractivity contribution in [3.63, 3.8) is 0 Å². The number of hydrogen-bond acceptors (Lipinski definition) is 4. The molecule has 0 saturated heterocycles. The lowest BCUT2D eigenvalue weighted by Gasteiger charge is -2.21. The molecule has 2 aromatic rings. The molecule has 0 amide bonds. The van der Waals surface area contributed by atoms with E-state index in [1.807, 2.05) is 0 Å². The molecule has 0 aliphatic rings. The van der Waals surface area contributed by atoms with Crippen LogP contribution in [0.5, 0.6) is 0 Å². The fourth-order valence-corrected chi connectivity index (χ4v) is 2.70. The minimum atomic E-state index is -1.41. The number of benzene rings is 2. The molecule has 0 fully saturated rings. The summed E-state index contributed by atoms with van der Waals surface area (Å²) in [7, 11) is 0. The van der Waals surface area contributed by atoms with Crippen LogP contribution in [0.1, 0.15) is 44.1 Å². The molecule has 6 heteroatoms. The van der Waals surface area contributed by atoms with Gasteiger partial charge in [0.25, 0.3) is 0 Å². The smallest absolute Gasteiger partial charge is 0.336 e. The number of carboxylic acid groups (broad SMARTS) is 2. The van der Waals surface area contributed by atoms with Gasteiger partial charge in [-0.2, -0.15) is 0 Å². The normalized spacial score (nSPS) is 13.2. The van der Waals surface area contributed by atoms with Crippen molar-refractivity contribution in [1.29, 1.82) is 0 Å². The summed E-state index contributed by atoms with van der Waals surface area (Å²) in [5, 5.41) is 39.6. The molecule has 0 aromatic heterocycles. The Hall–Kier alpha value is -2.96. The van der Waals surface area contributed by atoms with Crippen molar-refractivity contribution in [1.82, 2.24) is 0 Å². The van der Waals surface area contributed by atoms with Gasteiger partial charge in [0.05, 0.1) is 23.3 Å². The highest BCUT2D eigenvalue weighted by molar-refractivity contribution is 6.14. The van der Waals surface area contributed by atoms with Crippen LogP contribution < -0.4 is 0 Å². The number of carbonyl (C=O) groups is 2. The van der Waals surface area contributed by atoms with Gasteiger partial charge in [-0.1, -0.05) is 24.3 Å². The molecular formula is C18H16O6. The van der Waals surface area contributed by atoms with Crippen molar-refractivity contribution >= 4 is 22.7 Å². The van der Waals surface area contributed by atoms with Crippen molar-refractivity contribution in [2.75, 3.05) is 0 Å². The van der Waals surface area contributed by atoms with Crippen LogP contribution in [0.3, 0.4) is 0 Å². The maximum Gasteiger partial charge on any atom is 0.336 e. The fraction of sp³-hybridized carbons (Fsp3) is 0.111. The summed E-state index contributed by atoms with van der Waals surface area (Å²) in [6.45, 7) is 6.90. The molecule has 0 heterocycles. The highest BCUT2D eigenvalue weighted by Gasteiger charge is 2.27. The van der Waals surface area contributed by atoms with Gasteiger partial charge in [0.1, 0.15) is 0 Å². The minimum Gasteiger partial charge on any atom is -0.478 e. The van der Waals surface area contributed by atoms with Crippen LogP contribution >= 0.6 is 0 Å². The monoisotopic (exact) mass is 328 g/mol. The van der Waals surface area contributed by atoms with E-state index in [9.17, 15) is 30.0 Å². The van der Waals surface area contributed by atoms with Gasteiger partial charge in [0.2, 0.25) is 0 Å². The van der Waals surface area contributed by atoms with Crippen molar-refractivity contribution in [2.45, 2.75) is 12.2 Å². The first-order valence-electron chi connectivity index (χ1n) is 7.00. The van der Waals surface area contributed by atoms with E-state index in [0.717, 1.165) is 6.08 Å². The number of aliphatic hydroxyl groups is 2. The third-order valence-corrected chi connectivity index (χ3v) is 3.74. The molecule has 2 atom stereocenters. The Kier molecular flexibility index (Phi) is 4.82. The lowest BCUT2D eigenvalue weighted by atomic mass is 9.86. The average molecular weight is 328 g/mol. The Morgan fingerprint density at radius 1 is 1.00 bits per heavy atom. The number of hydrogen-bond donors (Lipinski definition) is 4. The molecule has 2 aromatic carbocycles. The quantitative estimate of drug-likeness (QED) is 0.606. The van der Waals surface area contributed by atoms with Crippen molar-refractivity contribution < 1.29 is 30.0 Å². The summed E-state index contributed by atoms with van der Waals surface area (Å²) in [6.07, 6.45) is -0.332. The van der Waals surface area contributed by atoms with E-state index in [4.69, 9.17) is 0 Å². The Bertz CT molecular complexity index is 852. The summed E-state index contributed by atoms with van der Waals surface area (Å²) in [5.41, 5.74) is -0.563. The molecule has 0 saturated carbocycles. The highest BCUT2D eigenvalue weighted by Crippen LogP contribution is 2.36. The average Bonchev–Trinajstić information content (AvgIpc) is 2.57. The van der Waals surface area contributed by atoms with E-state index in [-0.39, 0.29) is 27.6 Å². The molecular weight excluding hydrogens is 312 g/mol. The van der Waals surface area contributed by atoms with Crippen LogP contribution in [-0.2, 0) is 0 Å². The van der Waals surface area contributed by atoms with E-state index in [2.05, 4.69) is 13.2 Å². The third-order valence-electron chi connectivity index (χ3n) is 3.74. The zero-order valence-corrected chi connectivity index (χ0v) is 12.6. The van der Waals surface area contributed by atoms with E-state index in [1.165, 1.54) is 30.3 Å². The van der Waals surface area contributed by atoms with E-state index in [0.29, 0.717) is 5.39 Å². The van der Waals surface area contributed by atoms with Crippen LogP contribution in [-0.4, -0.2) is 32.4 Å². The lowest BCUT2D eigenvalue weighted by molar-refractivity contribution is 0.0692. The summed E-state index contributed by atoms with van der Waals surface area (Å²) >= 11 is 0. The molecule has 0 aliphatic heterocycles. The van der Waals surface area contributed by atoms with Gasteiger partial charge >= 0.3 is 11.9 Å². The molecule has 124 valence electrons. The number of fused-ring (bicyclic) bond motifs is 1. The second-order valence-corrected chi connectivity index (χ2v) is 5.13. The largest absolute Gasteiger partial charge is 0.478 e. The van der Waals surface area contributed by atoms with E-state index >= 15 is 0 Å². The van der Waals surface area contributed by atoms with E-state index in [1.54, 1.807) is 0 Å². The maximum absolute atomic E-state index is 11.8. The Morgan fingerprint density at radius 2 is 1.62 bits per heavy atom. The Balaban J connectivity index is 3.11. The van der Waals surface area contributed by atoms with Gasteiger partial charge in [-0.25, -0.2) is 9.59 Å². The summed E-state index contributed by atoms with van der Waals surface area (Å²) in [6, 6.07) is 5.75. The van der Waals surface area contributed by atoms with Gasteiger partial charge in [-0.05, 0) is 23.1 Å². The summed E-state index contributed by atoms with van der Waals surface area (Å²) in [5.74, 6) is -2.71. The third kappa shape index (κ3) is 2.80. The molecule has 6 nitrogen and oxygen atoms in total. The van der Waals surface area contributed by atoms with Gasteiger partial charge < -0.3 is 20.4 Å². The van der Waals surface area contributed by atoms with Crippen LogP contribution in [0.2, 0.25) is 0 Å². The number of aromatic carboxylic acids is 2. The van der Waals surface area contributed by atoms with Gasteiger partial charge in [0.15, 0.2) is 0 Å². The van der Waals surface area contributed by atoms with Crippen LogP contribution in [0.15, 0.2) is 49.6 Å². The second kappa shape index (κ2) is 6.66. The predicted octanol–water partition coefficient (Wildman–Crippen LogP) is 2.67. The standard InChI is InChI=1S/C18H16O6/c1-3-12(19)11-8-9-6-5-7-10(17(21)22)14(9)16(18(23)24)15(11)13(20)4-2/h3-8,12-13,19-20H,1-2H2,(H,21,22)(H,23,24). The molecule has 2 unspecified atom stereocenters. The van der Waals surface area contributed by atoms with Crippen LogP contribution in [0.4, 0.5) is 0 Å². The fourth-order valence-electron chi connectivity index (χ4n) is 2.70. The Labute approximate surface area is 137 Å². The first-order valence-corrected chi connectivity index (χ1v) is 7.00. The first-order chi connectivity index (χ1) is 11.3. The molecule has 0 aliphatic carbocycles. The maximum atomic E-state index is 11.8. The lowest BCUT2D eigenvalue weighted by Crippen LogP contribution is -2.14. The number of rotatable bonds is 6. The molecule has 0 radical (unpaired) electrons. The topological polar surface area (TPSA) is 115 Å². The summed E-state index contributed by atoms with van der Waals surface area (Å²) in [4.78, 5) is 23.3. The molecule has 24 heavy (non-hydrogen) atoms. The molecule has 4 N–H and O–H groups in total. The Morgan fingerprint density at radius 3 is 2.12 bits per heavy atom. The SMILES string of the molecule is C=CC(O)c1cc2cccc(C(=O)O)c2c(C(=O)O)c1C(O)C=C. The molecule has 2 rings (SSSR count). The molecule has 0 spiro atoms. The summed E-state index contributed by atoms with van der Waals surface area (Å²) < 4.78 is 0. The van der Waals surface area contributed by atoms with Gasteiger partial charge in [-0.15, -0.1) is 13.2 Å². The van der Waals surface area contributed by atoms with Crippen molar-refractivity contribution in [3.05, 3.63) is 71.8 Å².